The molecule has 0 N–H and O–H groups in total. The van der Waals surface area contributed by atoms with Crippen molar-refractivity contribution < 1.29 is 13.2 Å². The molecule has 1 saturated heterocycles. The van der Waals surface area contributed by atoms with Crippen LogP contribution >= 0.6 is 34.5 Å². The topological polar surface area (TPSA) is 57.7 Å². The van der Waals surface area contributed by atoms with Crippen LogP contribution < -0.4 is 0 Å². The van der Waals surface area contributed by atoms with E-state index in [-0.39, 0.29) is 23.2 Å². The molecule has 0 atom stereocenters. The Kier molecular flexibility index (Phi) is 6.04. The lowest BCUT2D eigenvalue weighted by Gasteiger charge is -2.33. The van der Waals surface area contributed by atoms with E-state index >= 15 is 0 Å². The van der Waals surface area contributed by atoms with E-state index in [9.17, 15) is 13.2 Å². The standard InChI is InChI=1S/C17H16Cl2N2O3S2/c18-14-3-1-2-13(12-14)4-6-16(22)20-8-10-21(11-9-20)26(23,24)17-7-5-15(19)25-17/h1-7,12H,8-11H2/b6-4+. The second-order valence-corrected chi connectivity index (χ2v) is 9.99. The Morgan fingerprint density at radius 3 is 2.42 bits per heavy atom. The van der Waals surface area contributed by atoms with Gasteiger partial charge in [0.05, 0.1) is 4.34 Å². The highest BCUT2D eigenvalue weighted by atomic mass is 35.5. The summed E-state index contributed by atoms with van der Waals surface area (Å²) in [5, 5.41) is 0.604. The number of hydrogen-bond donors (Lipinski definition) is 0. The second-order valence-electron chi connectivity index (χ2n) is 5.68. The first kappa shape index (κ1) is 19.4. The molecule has 0 saturated carbocycles. The van der Waals surface area contributed by atoms with Gasteiger partial charge in [0, 0.05) is 37.3 Å². The van der Waals surface area contributed by atoms with E-state index in [1.807, 2.05) is 12.1 Å². The largest absolute Gasteiger partial charge is 0.337 e. The van der Waals surface area contributed by atoms with E-state index < -0.39 is 10.0 Å². The third-order valence-corrected chi connectivity index (χ3v) is 7.79. The summed E-state index contributed by atoms with van der Waals surface area (Å²) in [6.45, 7) is 1.21. The highest BCUT2D eigenvalue weighted by molar-refractivity contribution is 7.91. The molecular formula is C17H16Cl2N2O3S2. The van der Waals surface area contributed by atoms with Crippen molar-refractivity contribution in [3.8, 4) is 0 Å². The van der Waals surface area contributed by atoms with Gasteiger partial charge in [0.2, 0.25) is 5.91 Å². The quantitative estimate of drug-likeness (QED) is 0.696. The monoisotopic (exact) mass is 430 g/mol. The number of carbonyl (C=O) groups excluding carboxylic acids is 1. The molecule has 1 amide bonds. The minimum absolute atomic E-state index is 0.152. The smallest absolute Gasteiger partial charge is 0.252 e. The zero-order valence-corrected chi connectivity index (χ0v) is 16.8. The molecule has 1 fully saturated rings. The van der Waals surface area contributed by atoms with Crippen molar-refractivity contribution in [2.75, 3.05) is 26.2 Å². The van der Waals surface area contributed by atoms with Crippen molar-refractivity contribution in [2.24, 2.45) is 0 Å². The summed E-state index contributed by atoms with van der Waals surface area (Å²) in [5.41, 5.74) is 0.835. The number of halogens is 2. The summed E-state index contributed by atoms with van der Waals surface area (Å²) < 4.78 is 27.2. The number of benzene rings is 1. The Labute approximate surface area is 166 Å². The Hall–Kier alpha value is -1.38. The van der Waals surface area contributed by atoms with Crippen molar-refractivity contribution in [3.63, 3.8) is 0 Å². The maximum atomic E-state index is 12.6. The van der Waals surface area contributed by atoms with Crippen LogP contribution in [0.1, 0.15) is 5.56 Å². The zero-order chi connectivity index (χ0) is 18.7. The lowest BCUT2D eigenvalue weighted by atomic mass is 10.2. The molecule has 1 aromatic carbocycles. The molecule has 0 bridgehead atoms. The van der Waals surface area contributed by atoms with Gasteiger partial charge in [-0.2, -0.15) is 4.31 Å². The Morgan fingerprint density at radius 2 is 1.81 bits per heavy atom. The molecule has 138 valence electrons. The van der Waals surface area contributed by atoms with Crippen LogP contribution in [-0.4, -0.2) is 49.7 Å². The zero-order valence-electron chi connectivity index (χ0n) is 13.6. The molecular weight excluding hydrogens is 415 g/mol. The SMILES string of the molecule is O=C(/C=C/c1cccc(Cl)c1)N1CCN(S(=O)(=O)c2ccc(Cl)s2)CC1. The lowest BCUT2D eigenvalue weighted by molar-refractivity contribution is -0.127. The molecule has 3 rings (SSSR count). The molecule has 0 aliphatic carbocycles. The molecule has 0 unspecified atom stereocenters. The van der Waals surface area contributed by atoms with Gasteiger partial charge < -0.3 is 4.90 Å². The van der Waals surface area contributed by atoms with Crippen LogP contribution in [0.2, 0.25) is 9.36 Å². The highest BCUT2D eigenvalue weighted by Gasteiger charge is 2.30. The third-order valence-electron chi connectivity index (χ3n) is 3.96. The van der Waals surface area contributed by atoms with E-state index in [4.69, 9.17) is 23.2 Å². The van der Waals surface area contributed by atoms with E-state index in [1.165, 1.54) is 16.4 Å². The number of carbonyl (C=O) groups is 1. The predicted octanol–water partition coefficient (Wildman–Crippen LogP) is 3.60. The Balaban J connectivity index is 1.60. The van der Waals surface area contributed by atoms with Crippen molar-refractivity contribution in [1.82, 2.24) is 9.21 Å². The van der Waals surface area contributed by atoms with Crippen molar-refractivity contribution >= 4 is 56.5 Å². The molecule has 0 spiro atoms. The number of nitrogens with zero attached hydrogens (tertiary/aromatic N) is 2. The first-order valence-electron chi connectivity index (χ1n) is 7.84. The summed E-state index contributed by atoms with van der Waals surface area (Å²) >= 11 is 12.8. The van der Waals surface area contributed by atoms with Crippen LogP contribution in [0, 0.1) is 0 Å². The summed E-state index contributed by atoms with van der Waals surface area (Å²) in [7, 11) is -3.55. The molecule has 0 radical (unpaired) electrons. The predicted molar refractivity (Wildman–Crippen MR) is 105 cm³/mol. The number of sulfonamides is 1. The fourth-order valence-corrected chi connectivity index (χ4v) is 5.85. The van der Waals surface area contributed by atoms with Gasteiger partial charge in [-0.1, -0.05) is 35.3 Å². The maximum absolute atomic E-state index is 12.6. The molecule has 1 aliphatic rings. The fraction of sp³-hybridized carbons (Fsp3) is 0.235. The van der Waals surface area contributed by atoms with Gasteiger partial charge in [-0.05, 0) is 35.9 Å². The van der Waals surface area contributed by atoms with Crippen LogP contribution in [0.5, 0.6) is 0 Å². The molecule has 5 nitrogen and oxygen atoms in total. The lowest BCUT2D eigenvalue weighted by Crippen LogP contribution is -2.50. The van der Waals surface area contributed by atoms with Crippen molar-refractivity contribution in [1.29, 1.82) is 0 Å². The second kappa shape index (κ2) is 8.10. The van der Waals surface area contributed by atoms with Crippen molar-refractivity contribution in [2.45, 2.75) is 4.21 Å². The van der Waals surface area contributed by atoms with Crippen LogP contribution in [-0.2, 0) is 14.8 Å². The minimum atomic E-state index is -3.55. The summed E-state index contributed by atoms with van der Waals surface area (Å²) in [6, 6.07) is 10.3. The van der Waals surface area contributed by atoms with E-state index in [0.29, 0.717) is 22.4 Å². The molecule has 26 heavy (non-hydrogen) atoms. The van der Waals surface area contributed by atoms with Gasteiger partial charge in [-0.15, -0.1) is 11.3 Å². The molecule has 2 aromatic rings. The van der Waals surface area contributed by atoms with E-state index in [0.717, 1.165) is 16.9 Å². The highest BCUT2D eigenvalue weighted by Crippen LogP contribution is 2.28. The van der Waals surface area contributed by atoms with Crippen LogP contribution in [0.3, 0.4) is 0 Å². The van der Waals surface area contributed by atoms with Crippen LogP contribution in [0.15, 0.2) is 46.7 Å². The normalized spacial score (nSPS) is 16.3. The Morgan fingerprint density at radius 1 is 1.08 bits per heavy atom. The molecule has 2 heterocycles. The molecule has 1 aliphatic heterocycles. The average molecular weight is 431 g/mol. The molecule has 9 heteroatoms. The van der Waals surface area contributed by atoms with Gasteiger partial charge in [-0.3, -0.25) is 4.79 Å². The van der Waals surface area contributed by atoms with Gasteiger partial charge >= 0.3 is 0 Å². The minimum Gasteiger partial charge on any atom is -0.337 e. The van der Waals surface area contributed by atoms with Gasteiger partial charge in [0.25, 0.3) is 10.0 Å². The first-order chi connectivity index (χ1) is 12.4. The van der Waals surface area contributed by atoms with E-state index in [2.05, 4.69) is 0 Å². The number of amides is 1. The number of hydrogen-bond acceptors (Lipinski definition) is 4. The summed E-state index contributed by atoms with van der Waals surface area (Å²) in [5.74, 6) is -0.152. The number of thiophene rings is 1. The summed E-state index contributed by atoms with van der Waals surface area (Å²) in [4.78, 5) is 13.9. The third kappa shape index (κ3) is 4.47. The average Bonchev–Trinajstić information content (AvgIpc) is 3.07. The van der Waals surface area contributed by atoms with Crippen LogP contribution in [0.25, 0.3) is 6.08 Å². The Bertz CT molecular complexity index is 933. The fourth-order valence-electron chi connectivity index (χ4n) is 2.60. The number of piperazine rings is 1. The summed E-state index contributed by atoms with van der Waals surface area (Å²) in [6.07, 6.45) is 3.18. The van der Waals surface area contributed by atoms with Gasteiger partial charge in [-0.25, -0.2) is 8.42 Å². The first-order valence-corrected chi connectivity index (χ1v) is 10.9. The molecule has 1 aromatic heterocycles. The van der Waals surface area contributed by atoms with Gasteiger partial charge in [0.15, 0.2) is 0 Å². The van der Waals surface area contributed by atoms with Gasteiger partial charge in [0.1, 0.15) is 4.21 Å². The van der Waals surface area contributed by atoms with Crippen molar-refractivity contribution in [3.05, 3.63) is 57.4 Å². The maximum Gasteiger partial charge on any atom is 0.252 e. The van der Waals surface area contributed by atoms with Crippen LogP contribution in [0.4, 0.5) is 0 Å². The number of rotatable bonds is 4. The van der Waals surface area contributed by atoms with E-state index in [1.54, 1.807) is 29.2 Å².